The number of hydrogen-bond donors (Lipinski definition) is 0. The monoisotopic (exact) mass is 212 g/mol. The number of hydrogen-bond acceptors (Lipinski definition) is 2. The van der Waals surface area contributed by atoms with Crippen molar-refractivity contribution in [3.8, 4) is 0 Å². The van der Waals surface area contributed by atoms with E-state index in [-0.39, 0.29) is 5.56 Å². The summed E-state index contributed by atoms with van der Waals surface area (Å²) in [5, 5.41) is 0. The topological polar surface area (TPSA) is 34.1 Å². The molecule has 4 heteroatoms. The van der Waals surface area contributed by atoms with Gasteiger partial charge in [-0.05, 0) is 6.92 Å². The van der Waals surface area contributed by atoms with E-state index in [9.17, 15) is 18.4 Å². The Kier molecular flexibility index (Phi) is 3.66. The fourth-order valence-electron chi connectivity index (χ4n) is 1.08. The Morgan fingerprint density at radius 2 is 1.73 bits per heavy atom. The van der Waals surface area contributed by atoms with Gasteiger partial charge in [0.25, 0.3) is 6.43 Å². The molecule has 15 heavy (non-hydrogen) atoms. The number of rotatable bonds is 4. The number of carbonyl (C=O) groups excluding carboxylic acids is 2. The van der Waals surface area contributed by atoms with Crippen LogP contribution in [0.2, 0.25) is 0 Å². The van der Waals surface area contributed by atoms with Crippen LogP contribution < -0.4 is 0 Å². The second kappa shape index (κ2) is 4.77. The molecule has 0 spiro atoms. The molecule has 80 valence electrons. The molecule has 0 bridgehead atoms. The Morgan fingerprint density at radius 3 is 2.20 bits per heavy atom. The standard InChI is InChI=1S/C11H10F2O2/c1-7-2-4-8(5-3-7)9(14)6-10(15)11(12)13/h2-5,11H,6H2,1H3. The summed E-state index contributed by atoms with van der Waals surface area (Å²) in [5.41, 5.74) is 1.25. The molecule has 0 aliphatic rings. The van der Waals surface area contributed by atoms with Crippen molar-refractivity contribution in [3.05, 3.63) is 35.4 Å². The minimum atomic E-state index is -3.07. The fourth-order valence-corrected chi connectivity index (χ4v) is 1.08. The Labute approximate surface area is 85.9 Å². The lowest BCUT2D eigenvalue weighted by Crippen LogP contribution is -2.15. The van der Waals surface area contributed by atoms with Crippen LogP contribution in [0.15, 0.2) is 24.3 Å². The van der Waals surface area contributed by atoms with Gasteiger partial charge in [-0.15, -0.1) is 0 Å². The first-order valence-corrected chi connectivity index (χ1v) is 4.41. The molecular weight excluding hydrogens is 202 g/mol. The molecule has 1 aromatic carbocycles. The van der Waals surface area contributed by atoms with Crippen LogP contribution in [-0.2, 0) is 4.79 Å². The molecule has 0 aliphatic carbocycles. The number of Topliss-reactive ketones (excluding diaryl/α,β-unsaturated/α-hetero) is 2. The molecule has 0 N–H and O–H groups in total. The Bertz CT molecular complexity index is 369. The van der Waals surface area contributed by atoms with Crippen molar-refractivity contribution in [1.29, 1.82) is 0 Å². The van der Waals surface area contributed by atoms with E-state index in [0.717, 1.165) is 5.56 Å². The molecule has 0 saturated heterocycles. The smallest absolute Gasteiger partial charge is 0.294 e. The first-order chi connectivity index (χ1) is 7.00. The lowest BCUT2D eigenvalue weighted by molar-refractivity contribution is -0.128. The van der Waals surface area contributed by atoms with Crippen LogP contribution in [0.5, 0.6) is 0 Å². The number of aryl methyl sites for hydroxylation is 1. The Morgan fingerprint density at radius 1 is 1.20 bits per heavy atom. The molecule has 0 fully saturated rings. The van der Waals surface area contributed by atoms with E-state index in [4.69, 9.17) is 0 Å². The van der Waals surface area contributed by atoms with Crippen molar-refractivity contribution >= 4 is 11.6 Å². The Hall–Kier alpha value is -1.58. The molecular formula is C11H10F2O2. The van der Waals surface area contributed by atoms with Gasteiger partial charge in [0.15, 0.2) is 5.78 Å². The molecule has 0 radical (unpaired) electrons. The summed E-state index contributed by atoms with van der Waals surface area (Å²) in [6, 6.07) is 6.44. The van der Waals surface area contributed by atoms with Crippen molar-refractivity contribution in [2.75, 3.05) is 0 Å². The van der Waals surface area contributed by atoms with Gasteiger partial charge in [0.1, 0.15) is 0 Å². The van der Waals surface area contributed by atoms with E-state index in [0.29, 0.717) is 0 Å². The van der Waals surface area contributed by atoms with Gasteiger partial charge < -0.3 is 0 Å². The number of carbonyl (C=O) groups is 2. The van der Waals surface area contributed by atoms with E-state index >= 15 is 0 Å². The van der Waals surface area contributed by atoms with Gasteiger partial charge in [0, 0.05) is 5.56 Å². The maximum Gasteiger partial charge on any atom is 0.296 e. The van der Waals surface area contributed by atoms with E-state index in [2.05, 4.69) is 0 Å². The summed E-state index contributed by atoms with van der Waals surface area (Å²) in [7, 11) is 0. The van der Waals surface area contributed by atoms with E-state index in [1.165, 1.54) is 12.1 Å². The van der Waals surface area contributed by atoms with Crippen molar-refractivity contribution in [3.63, 3.8) is 0 Å². The van der Waals surface area contributed by atoms with Gasteiger partial charge in [-0.25, -0.2) is 8.78 Å². The quantitative estimate of drug-likeness (QED) is 0.567. The van der Waals surface area contributed by atoms with Gasteiger partial charge in [0.2, 0.25) is 5.78 Å². The first kappa shape index (κ1) is 11.5. The molecule has 0 saturated carbocycles. The Balaban J connectivity index is 2.69. The molecule has 0 unspecified atom stereocenters. The fraction of sp³-hybridized carbons (Fsp3) is 0.273. The number of benzene rings is 1. The minimum absolute atomic E-state index is 0.287. The summed E-state index contributed by atoms with van der Waals surface area (Å²) >= 11 is 0. The summed E-state index contributed by atoms with van der Waals surface area (Å²) < 4.78 is 23.7. The lowest BCUT2D eigenvalue weighted by Gasteiger charge is -2.00. The van der Waals surface area contributed by atoms with Crippen LogP contribution in [0.25, 0.3) is 0 Å². The van der Waals surface area contributed by atoms with Crippen LogP contribution in [-0.4, -0.2) is 18.0 Å². The second-order valence-electron chi connectivity index (χ2n) is 3.23. The number of alkyl halides is 2. The summed E-state index contributed by atoms with van der Waals surface area (Å²) in [5.74, 6) is -1.90. The van der Waals surface area contributed by atoms with Gasteiger partial charge >= 0.3 is 0 Å². The molecule has 0 atom stereocenters. The molecule has 0 heterocycles. The molecule has 2 nitrogen and oxygen atoms in total. The molecule has 0 amide bonds. The average molecular weight is 212 g/mol. The maximum atomic E-state index is 11.9. The first-order valence-electron chi connectivity index (χ1n) is 4.41. The normalized spacial score (nSPS) is 10.4. The molecule has 0 aliphatic heterocycles. The molecule has 0 aromatic heterocycles. The zero-order valence-corrected chi connectivity index (χ0v) is 8.17. The maximum absolute atomic E-state index is 11.9. The predicted molar refractivity (Wildman–Crippen MR) is 51.1 cm³/mol. The van der Waals surface area contributed by atoms with Gasteiger partial charge in [-0.2, -0.15) is 0 Å². The van der Waals surface area contributed by atoms with E-state index in [1.54, 1.807) is 12.1 Å². The van der Waals surface area contributed by atoms with Crippen molar-refractivity contribution in [2.24, 2.45) is 0 Å². The van der Waals surface area contributed by atoms with Crippen LogP contribution in [0, 0.1) is 6.92 Å². The third kappa shape index (κ3) is 3.23. The van der Waals surface area contributed by atoms with Crippen molar-refractivity contribution in [2.45, 2.75) is 19.8 Å². The van der Waals surface area contributed by atoms with Gasteiger partial charge in [-0.1, -0.05) is 29.8 Å². The third-order valence-corrected chi connectivity index (χ3v) is 1.95. The summed E-state index contributed by atoms with van der Waals surface area (Å²) in [6.07, 6.45) is -3.81. The van der Waals surface area contributed by atoms with Crippen LogP contribution in [0.4, 0.5) is 8.78 Å². The van der Waals surface area contributed by atoms with E-state index < -0.39 is 24.4 Å². The summed E-state index contributed by atoms with van der Waals surface area (Å²) in [6.45, 7) is 1.85. The minimum Gasteiger partial charge on any atom is -0.294 e. The van der Waals surface area contributed by atoms with Gasteiger partial charge in [-0.3, -0.25) is 9.59 Å². The SMILES string of the molecule is Cc1ccc(C(=O)CC(=O)C(F)F)cc1. The molecule has 1 rings (SSSR count). The molecule has 1 aromatic rings. The predicted octanol–water partition coefficient (Wildman–Crippen LogP) is 2.40. The number of halogens is 2. The van der Waals surface area contributed by atoms with Gasteiger partial charge in [0.05, 0.1) is 6.42 Å². The van der Waals surface area contributed by atoms with Crippen molar-refractivity contribution in [1.82, 2.24) is 0 Å². The zero-order valence-electron chi connectivity index (χ0n) is 8.17. The highest BCUT2D eigenvalue weighted by Crippen LogP contribution is 2.08. The highest BCUT2D eigenvalue weighted by atomic mass is 19.3. The zero-order chi connectivity index (χ0) is 11.4. The van der Waals surface area contributed by atoms with Crippen molar-refractivity contribution < 1.29 is 18.4 Å². The lowest BCUT2D eigenvalue weighted by atomic mass is 10.0. The number of ketones is 2. The second-order valence-corrected chi connectivity index (χ2v) is 3.23. The third-order valence-electron chi connectivity index (χ3n) is 1.95. The van der Waals surface area contributed by atoms with E-state index in [1.807, 2.05) is 6.92 Å². The van der Waals surface area contributed by atoms with Crippen LogP contribution >= 0.6 is 0 Å². The summed E-state index contributed by atoms with van der Waals surface area (Å²) in [4.78, 5) is 21.9. The largest absolute Gasteiger partial charge is 0.296 e. The van der Waals surface area contributed by atoms with Crippen LogP contribution in [0.3, 0.4) is 0 Å². The highest BCUT2D eigenvalue weighted by molar-refractivity contribution is 6.08. The average Bonchev–Trinajstić information content (AvgIpc) is 2.18. The highest BCUT2D eigenvalue weighted by Gasteiger charge is 2.19. The van der Waals surface area contributed by atoms with Crippen LogP contribution in [0.1, 0.15) is 22.3 Å².